The molecule has 0 aliphatic carbocycles. The standard InChI is InChI=1S/C21H36O3/c1-3-5-7-8-9-10-11-12-14-18-15-16-19(22)20(23)21(18)24-17-13-6-4-2/h15-16,22-23H,3-14,17H2,1-2H3. The minimum absolute atomic E-state index is 0.0971. The highest BCUT2D eigenvalue weighted by atomic mass is 16.5. The highest BCUT2D eigenvalue weighted by molar-refractivity contribution is 5.54. The van der Waals surface area contributed by atoms with Gasteiger partial charge in [0.1, 0.15) is 0 Å². The summed E-state index contributed by atoms with van der Waals surface area (Å²) in [4.78, 5) is 0. The monoisotopic (exact) mass is 336 g/mol. The summed E-state index contributed by atoms with van der Waals surface area (Å²) in [6, 6.07) is 3.44. The highest BCUT2D eigenvalue weighted by Crippen LogP contribution is 2.39. The van der Waals surface area contributed by atoms with Crippen molar-refractivity contribution in [2.45, 2.75) is 90.9 Å². The fraction of sp³-hybridized carbons (Fsp3) is 0.714. The predicted molar refractivity (Wildman–Crippen MR) is 101 cm³/mol. The van der Waals surface area contributed by atoms with Crippen molar-refractivity contribution in [3.63, 3.8) is 0 Å². The van der Waals surface area contributed by atoms with Crippen LogP contribution in [0.4, 0.5) is 0 Å². The summed E-state index contributed by atoms with van der Waals surface area (Å²) in [6.45, 7) is 4.99. The first kappa shape index (κ1) is 20.7. The zero-order chi connectivity index (χ0) is 17.6. The van der Waals surface area contributed by atoms with Gasteiger partial charge in [-0.1, -0.05) is 77.7 Å². The minimum atomic E-state index is -0.108. The lowest BCUT2D eigenvalue weighted by Crippen LogP contribution is -2.01. The van der Waals surface area contributed by atoms with Gasteiger partial charge in [-0.05, 0) is 30.9 Å². The molecule has 0 saturated carbocycles. The van der Waals surface area contributed by atoms with E-state index in [2.05, 4.69) is 13.8 Å². The van der Waals surface area contributed by atoms with Crippen LogP contribution >= 0.6 is 0 Å². The van der Waals surface area contributed by atoms with Crippen molar-refractivity contribution < 1.29 is 14.9 Å². The quantitative estimate of drug-likeness (QED) is 0.307. The molecule has 1 aromatic rings. The van der Waals surface area contributed by atoms with Gasteiger partial charge in [-0.15, -0.1) is 0 Å². The molecular weight excluding hydrogens is 300 g/mol. The minimum Gasteiger partial charge on any atom is -0.504 e. The van der Waals surface area contributed by atoms with Crippen LogP contribution in [-0.4, -0.2) is 16.8 Å². The summed E-state index contributed by atoms with van der Waals surface area (Å²) >= 11 is 0. The Morgan fingerprint density at radius 3 is 2.00 bits per heavy atom. The van der Waals surface area contributed by atoms with E-state index in [0.29, 0.717) is 12.4 Å². The Balaban J connectivity index is 2.38. The van der Waals surface area contributed by atoms with Gasteiger partial charge in [0.05, 0.1) is 6.61 Å². The van der Waals surface area contributed by atoms with Crippen LogP contribution in [0.1, 0.15) is 90.0 Å². The number of phenols is 2. The molecule has 24 heavy (non-hydrogen) atoms. The maximum atomic E-state index is 10.1. The Kier molecular flexibility index (Phi) is 11.2. The van der Waals surface area contributed by atoms with Gasteiger partial charge in [0.25, 0.3) is 0 Å². The lowest BCUT2D eigenvalue weighted by atomic mass is 10.0. The fourth-order valence-corrected chi connectivity index (χ4v) is 2.94. The van der Waals surface area contributed by atoms with Crippen LogP contribution in [-0.2, 0) is 6.42 Å². The van der Waals surface area contributed by atoms with Crippen molar-refractivity contribution in [2.24, 2.45) is 0 Å². The normalized spacial score (nSPS) is 10.9. The Labute approximate surface area is 148 Å². The Hall–Kier alpha value is -1.38. The average Bonchev–Trinajstić information content (AvgIpc) is 2.59. The topological polar surface area (TPSA) is 49.7 Å². The zero-order valence-electron chi connectivity index (χ0n) is 15.6. The van der Waals surface area contributed by atoms with Crippen LogP contribution in [0.2, 0.25) is 0 Å². The molecule has 0 amide bonds. The molecule has 1 aromatic carbocycles. The third-order valence-corrected chi connectivity index (χ3v) is 4.49. The number of phenolic OH excluding ortho intramolecular Hbond substituents is 2. The van der Waals surface area contributed by atoms with Crippen LogP contribution in [0.25, 0.3) is 0 Å². The van der Waals surface area contributed by atoms with Crippen LogP contribution in [0.3, 0.4) is 0 Å². The molecule has 0 radical (unpaired) electrons. The van der Waals surface area contributed by atoms with E-state index < -0.39 is 0 Å². The summed E-state index contributed by atoms with van der Waals surface area (Å²) in [5, 5.41) is 19.8. The second kappa shape index (κ2) is 13.0. The van der Waals surface area contributed by atoms with E-state index >= 15 is 0 Å². The van der Waals surface area contributed by atoms with Gasteiger partial charge in [0.2, 0.25) is 5.75 Å². The number of aryl methyl sites for hydroxylation is 1. The molecule has 3 nitrogen and oxygen atoms in total. The van der Waals surface area contributed by atoms with Gasteiger partial charge in [0, 0.05) is 0 Å². The second-order valence-electron chi connectivity index (χ2n) is 6.70. The molecule has 0 aliphatic heterocycles. The number of benzene rings is 1. The molecule has 0 spiro atoms. The van der Waals surface area contributed by atoms with E-state index in [-0.39, 0.29) is 11.5 Å². The van der Waals surface area contributed by atoms with Gasteiger partial charge in [-0.25, -0.2) is 0 Å². The predicted octanol–water partition coefficient (Wildman–Crippen LogP) is 6.35. The summed E-state index contributed by atoms with van der Waals surface area (Å²) in [5.74, 6) is 0.276. The maximum Gasteiger partial charge on any atom is 0.200 e. The van der Waals surface area contributed by atoms with Crippen molar-refractivity contribution in [3.05, 3.63) is 17.7 Å². The molecule has 0 bridgehead atoms. The van der Waals surface area contributed by atoms with Crippen LogP contribution in [0.15, 0.2) is 12.1 Å². The van der Waals surface area contributed by atoms with E-state index in [1.54, 1.807) is 6.07 Å². The second-order valence-corrected chi connectivity index (χ2v) is 6.70. The first-order valence-electron chi connectivity index (χ1n) is 9.87. The molecule has 0 unspecified atom stereocenters. The molecule has 138 valence electrons. The first-order chi connectivity index (χ1) is 11.7. The number of rotatable bonds is 14. The summed E-state index contributed by atoms with van der Waals surface area (Å²) in [5.41, 5.74) is 1.01. The molecule has 0 heterocycles. The molecular formula is C21H36O3. The number of aromatic hydroxyl groups is 2. The smallest absolute Gasteiger partial charge is 0.200 e. The first-order valence-corrected chi connectivity index (χ1v) is 9.87. The SMILES string of the molecule is CCCCCCCCCCc1ccc(O)c(O)c1OCCCCC. The van der Waals surface area contributed by atoms with Crippen LogP contribution in [0, 0.1) is 0 Å². The van der Waals surface area contributed by atoms with Gasteiger partial charge in [0.15, 0.2) is 11.5 Å². The Bertz CT molecular complexity index is 443. The van der Waals surface area contributed by atoms with Gasteiger partial charge >= 0.3 is 0 Å². The van der Waals surface area contributed by atoms with Crippen molar-refractivity contribution in [1.29, 1.82) is 0 Å². The third-order valence-electron chi connectivity index (χ3n) is 4.49. The van der Waals surface area contributed by atoms with E-state index in [1.807, 2.05) is 6.07 Å². The number of ether oxygens (including phenoxy) is 1. The largest absolute Gasteiger partial charge is 0.504 e. The van der Waals surface area contributed by atoms with E-state index in [9.17, 15) is 10.2 Å². The zero-order valence-corrected chi connectivity index (χ0v) is 15.6. The molecule has 0 aliphatic rings. The van der Waals surface area contributed by atoms with Crippen LogP contribution in [0.5, 0.6) is 17.2 Å². The molecule has 2 N–H and O–H groups in total. The van der Waals surface area contributed by atoms with E-state index in [1.165, 1.54) is 44.9 Å². The van der Waals surface area contributed by atoms with Crippen molar-refractivity contribution in [1.82, 2.24) is 0 Å². The number of unbranched alkanes of at least 4 members (excludes halogenated alkanes) is 9. The maximum absolute atomic E-state index is 10.1. The number of hydrogen-bond acceptors (Lipinski definition) is 3. The average molecular weight is 337 g/mol. The molecule has 0 aromatic heterocycles. The van der Waals surface area contributed by atoms with Gasteiger partial charge in [-0.3, -0.25) is 0 Å². The van der Waals surface area contributed by atoms with Gasteiger partial charge in [-0.2, -0.15) is 0 Å². The molecule has 0 saturated heterocycles. The summed E-state index contributed by atoms with van der Waals surface area (Å²) in [6.07, 6.45) is 14.4. The Morgan fingerprint density at radius 2 is 1.33 bits per heavy atom. The number of hydrogen-bond donors (Lipinski definition) is 2. The Morgan fingerprint density at radius 1 is 0.750 bits per heavy atom. The van der Waals surface area contributed by atoms with Crippen LogP contribution < -0.4 is 4.74 Å². The third kappa shape index (κ3) is 7.94. The summed E-state index contributed by atoms with van der Waals surface area (Å²) < 4.78 is 5.76. The van der Waals surface area contributed by atoms with Crippen molar-refractivity contribution in [3.8, 4) is 17.2 Å². The lowest BCUT2D eigenvalue weighted by molar-refractivity contribution is 0.281. The van der Waals surface area contributed by atoms with Crippen molar-refractivity contribution in [2.75, 3.05) is 6.61 Å². The fourth-order valence-electron chi connectivity index (χ4n) is 2.94. The lowest BCUT2D eigenvalue weighted by Gasteiger charge is -2.14. The molecule has 0 atom stereocenters. The summed E-state index contributed by atoms with van der Waals surface area (Å²) in [7, 11) is 0. The molecule has 3 heteroatoms. The molecule has 0 fully saturated rings. The van der Waals surface area contributed by atoms with E-state index in [4.69, 9.17) is 4.74 Å². The van der Waals surface area contributed by atoms with Gasteiger partial charge < -0.3 is 14.9 Å². The highest BCUT2D eigenvalue weighted by Gasteiger charge is 2.13. The van der Waals surface area contributed by atoms with Crippen molar-refractivity contribution >= 4 is 0 Å². The molecule has 1 rings (SSSR count). The van der Waals surface area contributed by atoms with E-state index in [0.717, 1.165) is 37.7 Å².